The minimum atomic E-state index is -0.430. The largest absolute Gasteiger partial charge is 0.494 e. The van der Waals surface area contributed by atoms with Crippen molar-refractivity contribution in [1.29, 1.82) is 0 Å². The lowest BCUT2D eigenvalue weighted by atomic mass is 10.1. The molecule has 1 saturated heterocycles. The second-order valence-corrected chi connectivity index (χ2v) is 6.39. The maximum Gasteiger partial charge on any atom is 0.294 e. The molecule has 0 spiro atoms. The van der Waals surface area contributed by atoms with Gasteiger partial charge in [0.1, 0.15) is 11.4 Å². The van der Waals surface area contributed by atoms with Crippen molar-refractivity contribution in [3.8, 4) is 5.75 Å². The van der Waals surface area contributed by atoms with E-state index >= 15 is 0 Å². The molecule has 1 amide bonds. The Morgan fingerprint density at radius 3 is 2.57 bits per heavy atom. The lowest BCUT2D eigenvalue weighted by Crippen LogP contribution is -2.36. The van der Waals surface area contributed by atoms with E-state index in [1.54, 1.807) is 36.4 Å². The molecular weight excluding hydrogens is 362 g/mol. The lowest BCUT2D eigenvalue weighted by Gasteiger charge is -2.28. The van der Waals surface area contributed by atoms with Crippen molar-refractivity contribution in [2.45, 2.75) is 13.3 Å². The average molecular weight is 385 g/mol. The van der Waals surface area contributed by atoms with E-state index in [-0.39, 0.29) is 11.6 Å². The van der Waals surface area contributed by atoms with Gasteiger partial charge in [-0.25, -0.2) is 0 Å². The molecule has 1 N–H and O–H groups in total. The molecule has 0 aromatic heterocycles. The number of nitro groups is 1. The number of rotatable bonds is 7. The van der Waals surface area contributed by atoms with Crippen LogP contribution in [0.5, 0.6) is 5.75 Å². The maximum absolute atomic E-state index is 12.5. The zero-order valence-corrected chi connectivity index (χ0v) is 15.7. The van der Waals surface area contributed by atoms with Gasteiger partial charge in [-0.1, -0.05) is 6.92 Å². The third-order valence-corrected chi connectivity index (χ3v) is 4.37. The number of hydrogen-bond acceptors (Lipinski definition) is 6. The Labute approximate surface area is 163 Å². The molecule has 8 heteroatoms. The SMILES string of the molecule is CCCOc1ccc(C(=O)Nc2ccc(N3CCOCC3)c([N+](=O)[O-])c2)cc1. The van der Waals surface area contributed by atoms with E-state index in [4.69, 9.17) is 9.47 Å². The fourth-order valence-electron chi connectivity index (χ4n) is 2.94. The lowest BCUT2D eigenvalue weighted by molar-refractivity contribution is -0.384. The Morgan fingerprint density at radius 2 is 1.93 bits per heavy atom. The fraction of sp³-hybridized carbons (Fsp3) is 0.350. The molecule has 0 radical (unpaired) electrons. The second-order valence-electron chi connectivity index (χ2n) is 6.39. The molecule has 8 nitrogen and oxygen atoms in total. The predicted octanol–water partition coefficient (Wildman–Crippen LogP) is 3.47. The number of nitro benzene ring substituents is 1. The highest BCUT2D eigenvalue weighted by molar-refractivity contribution is 6.04. The van der Waals surface area contributed by atoms with Crippen LogP contribution < -0.4 is 15.0 Å². The summed E-state index contributed by atoms with van der Waals surface area (Å²) in [5.41, 5.74) is 1.32. The van der Waals surface area contributed by atoms with E-state index < -0.39 is 4.92 Å². The van der Waals surface area contributed by atoms with Crippen LogP contribution in [0.3, 0.4) is 0 Å². The summed E-state index contributed by atoms with van der Waals surface area (Å²) < 4.78 is 10.8. The topological polar surface area (TPSA) is 93.9 Å². The number of hydrogen-bond donors (Lipinski definition) is 1. The van der Waals surface area contributed by atoms with E-state index in [1.807, 2.05) is 11.8 Å². The Hall–Kier alpha value is -3.13. The first-order valence-corrected chi connectivity index (χ1v) is 9.24. The summed E-state index contributed by atoms with van der Waals surface area (Å²) in [4.78, 5) is 25.5. The van der Waals surface area contributed by atoms with Gasteiger partial charge in [-0.3, -0.25) is 14.9 Å². The van der Waals surface area contributed by atoms with Crippen LogP contribution in [0.4, 0.5) is 17.1 Å². The second kappa shape index (κ2) is 9.18. The number of nitrogens with one attached hydrogen (secondary N) is 1. The molecule has 2 aromatic rings. The van der Waals surface area contributed by atoms with Crippen molar-refractivity contribution in [1.82, 2.24) is 0 Å². The van der Waals surface area contributed by atoms with Crippen molar-refractivity contribution in [2.75, 3.05) is 43.1 Å². The van der Waals surface area contributed by atoms with Crippen LogP contribution in [0.25, 0.3) is 0 Å². The van der Waals surface area contributed by atoms with Gasteiger partial charge in [0.2, 0.25) is 0 Å². The number of carbonyl (C=O) groups is 1. The van der Waals surface area contributed by atoms with Crippen LogP contribution in [0.2, 0.25) is 0 Å². The molecule has 2 aromatic carbocycles. The van der Waals surface area contributed by atoms with Gasteiger partial charge in [0.15, 0.2) is 0 Å². The maximum atomic E-state index is 12.5. The number of ether oxygens (including phenoxy) is 2. The standard InChI is InChI=1S/C20H23N3O5/c1-2-11-28-17-6-3-15(4-7-17)20(24)21-16-5-8-18(19(14-16)23(25)26)22-9-12-27-13-10-22/h3-8,14H,2,9-13H2,1H3,(H,21,24). The summed E-state index contributed by atoms with van der Waals surface area (Å²) in [5.74, 6) is 0.361. The summed E-state index contributed by atoms with van der Waals surface area (Å²) in [6.07, 6.45) is 0.904. The van der Waals surface area contributed by atoms with Crippen LogP contribution in [-0.4, -0.2) is 43.7 Å². The molecule has 148 valence electrons. The zero-order valence-electron chi connectivity index (χ0n) is 15.7. The number of benzene rings is 2. The molecule has 3 rings (SSSR count). The Balaban J connectivity index is 1.73. The summed E-state index contributed by atoms with van der Waals surface area (Å²) in [6, 6.07) is 11.5. The van der Waals surface area contributed by atoms with Gasteiger partial charge in [0, 0.05) is 30.4 Å². The quantitative estimate of drug-likeness (QED) is 0.579. The molecule has 0 atom stereocenters. The minimum absolute atomic E-state index is 0.0389. The molecule has 1 aliphatic rings. The summed E-state index contributed by atoms with van der Waals surface area (Å²) in [7, 11) is 0. The molecule has 0 bridgehead atoms. The van der Waals surface area contributed by atoms with Gasteiger partial charge < -0.3 is 19.7 Å². The Morgan fingerprint density at radius 1 is 1.21 bits per heavy atom. The number of anilines is 2. The van der Waals surface area contributed by atoms with E-state index in [2.05, 4.69) is 5.32 Å². The molecule has 1 fully saturated rings. The first-order valence-electron chi connectivity index (χ1n) is 9.24. The molecule has 1 heterocycles. The van der Waals surface area contributed by atoms with Crippen molar-refractivity contribution in [3.05, 3.63) is 58.1 Å². The summed E-state index contributed by atoms with van der Waals surface area (Å²) in [6.45, 7) is 4.90. The number of carbonyl (C=O) groups excluding carboxylic acids is 1. The normalized spacial score (nSPS) is 13.8. The van der Waals surface area contributed by atoms with Crippen molar-refractivity contribution in [3.63, 3.8) is 0 Å². The van der Waals surface area contributed by atoms with Crippen molar-refractivity contribution >= 4 is 23.0 Å². The third kappa shape index (κ3) is 4.77. The Kier molecular flexibility index (Phi) is 6.44. The van der Waals surface area contributed by atoms with Crippen LogP contribution in [0.1, 0.15) is 23.7 Å². The van der Waals surface area contributed by atoms with Gasteiger partial charge in [-0.15, -0.1) is 0 Å². The first-order chi connectivity index (χ1) is 13.6. The fourth-order valence-corrected chi connectivity index (χ4v) is 2.94. The predicted molar refractivity (Wildman–Crippen MR) is 106 cm³/mol. The van der Waals surface area contributed by atoms with E-state index in [1.165, 1.54) is 6.07 Å². The van der Waals surface area contributed by atoms with Crippen LogP contribution in [0.15, 0.2) is 42.5 Å². The van der Waals surface area contributed by atoms with E-state index in [0.29, 0.717) is 55.6 Å². The third-order valence-electron chi connectivity index (χ3n) is 4.37. The van der Waals surface area contributed by atoms with Gasteiger partial charge in [-0.2, -0.15) is 0 Å². The summed E-state index contributed by atoms with van der Waals surface area (Å²) >= 11 is 0. The van der Waals surface area contributed by atoms with Crippen LogP contribution in [-0.2, 0) is 4.74 Å². The molecule has 0 unspecified atom stereocenters. The van der Waals surface area contributed by atoms with E-state index in [0.717, 1.165) is 6.42 Å². The molecular formula is C20H23N3O5. The number of amides is 1. The van der Waals surface area contributed by atoms with Gasteiger partial charge >= 0.3 is 0 Å². The van der Waals surface area contributed by atoms with Crippen LogP contribution in [0, 0.1) is 10.1 Å². The minimum Gasteiger partial charge on any atom is -0.494 e. The highest BCUT2D eigenvalue weighted by Gasteiger charge is 2.22. The molecule has 1 aliphatic heterocycles. The van der Waals surface area contributed by atoms with Crippen LogP contribution >= 0.6 is 0 Å². The monoisotopic (exact) mass is 385 g/mol. The summed E-state index contributed by atoms with van der Waals surface area (Å²) in [5, 5.41) is 14.2. The van der Waals surface area contributed by atoms with Gasteiger partial charge in [0.25, 0.3) is 11.6 Å². The smallest absolute Gasteiger partial charge is 0.294 e. The zero-order chi connectivity index (χ0) is 19.9. The van der Waals surface area contributed by atoms with E-state index in [9.17, 15) is 14.9 Å². The number of nitrogens with zero attached hydrogens (tertiary/aromatic N) is 2. The highest BCUT2D eigenvalue weighted by atomic mass is 16.6. The van der Waals surface area contributed by atoms with Gasteiger partial charge in [-0.05, 0) is 42.8 Å². The molecule has 0 aliphatic carbocycles. The molecule has 28 heavy (non-hydrogen) atoms. The van der Waals surface area contributed by atoms with Crippen molar-refractivity contribution < 1.29 is 19.2 Å². The highest BCUT2D eigenvalue weighted by Crippen LogP contribution is 2.32. The average Bonchev–Trinajstić information content (AvgIpc) is 2.73. The van der Waals surface area contributed by atoms with Crippen molar-refractivity contribution in [2.24, 2.45) is 0 Å². The van der Waals surface area contributed by atoms with Gasteiger partial charge in [0.05, 0.1) is 24.7 Å². The Bertz CT molecular complexity index is 832. The first kappa shape index (κ1) is 19.6. The molecule has 0 saturated carbocycles. The number of morpholine rings is 1.